The second-order valence-corrected chi connectivity index (χ2v) is 7.86. The van der Waals surface area contributed by atoms with E-state index in [2.05, 4.69) is 16.5 Å². The van der Waals surface area contributed by atoms with Crippen molar-refractivity contribution in [3.8, 4) is 11.1 Å². The molecule has 2 aromatic heterocycles. The van der Waals surface area contributed by atoms with Gasteiger partial charge in [0.25, 0.3) is 0 Å². The number of anilines is 2. The number of rotatable bonds is 0. The van der Waals surface area contributed by atoms with E-state index in [9.17, 15) is 4.79 Å². The second-order valence-electron chi connectivity index (χ2n) is 7.86. The highest BCUT2D eigenvalue weighted by Crippen LogP contribution is 2.27. The number of nitrogens with one attached hydrogen (secondary N) is 1. The van der Waals surface area contributed by atoms with Crippen molar-refractivity contribution in [2.75, 3.05) is 36.5 Å². The Morgan fingerprint density at radius 2 is 2.10 bits per heavy atom. The minimum atomic E-state index is -0.604. The largest absolute Gasteiger partial charge is 0.443 e. The Labute approximate surface area is 169 Å². The molecule has 0 saturated carbocycles. The second kappa shape index (κ2) is 7.71. The number of hydrogen-bond acceptors (Lipinski definition) is 6. The smallest absolute Gasteiger partial charge is 0.416 e. The molecular weight excluding hydrogens is 370 g/mol. The quantitative estimate of drug-likeness (QED) is 0.627. The first-order valence-electron chi connectivity index (χ1n) is 9.68. The molecule has 0 radical (unpaired) electrons. The van der Waals surface area contributed by atoms with Crippen LogP contribution in [0.3, 0.4) is 0 Å². The first kappa shape index (κ1) is 19.2. The van der Waals surface area contributed by atoms with Gasteiger partial charge < -0.3 is 14.8 Å². The van der Waals surface area contributed by atoms with Crippen molar-refractivity contribution in [2.24, 2.45) is 0 Å². The molecule has 0 aliphatic carbocycles. The van der Waals surface area contributed by atoms with E-state index in [0.717, 1.165) is 16.8 Å². The molecule has 1 aliphatic rings. The van der Waals surface area contributed by atoms with Crippen LogP contribution in [0.2, 0.25) is 0 Å². The number of carbonyl (C=O) groups excluding carboxylic acids is 1. The van der Waals surface area contributed by atoms with Crippen LogP contribution in [-0.2, 0) is 9.47 Å². The summed E-state index contributed by atoms with van der Waals surface area (Å²) in [5.41, 5.74) is 2.97. The molecular formula is C21H25N5O3. The van der Waals surface area contributed by atoms with Gasteiger partial charge in [0.15, 0.2) is 5.65 Å². The van der Waals surface area contributed by atoms with Crippen molar-refractivity contribution in [1.29, 1.82) is 0 Å². The highest BCUT2D eigenvalue weighted by Gasteiger charge is 2.25. The third-order valence-electron chi connectivity index (χ3n) is 4.45. The van der Waals surface area contributed by atoms with Crippen LogP contribution in [0.25, 0.3) is 16.8 Å². The van der Waals surface area contributed by atoms with Crippen LogP contribution in [0.4, 0.5) is 16.3 Å². The van der Waals surface area contributed by atoms with Crippen LogP contribution in [0, 0.1) is 0 Å². The Balaban J connectivity index is 1.79. The zero-order valence-corrected chi connectivity index (χ0v) is 16.9. The fourth-order valence-electron chi connectivity index (χ4n) is 3.15. The minimum Gasteiger partial charge on any atom is -0.443 e. The average molecular weight is 395 g/mol. The molecule has 0 atom stereocenters. The number of nitrogens with zero attached hydrogens (tertiary/aromatic N) is 4. The Bertz CT molecular complexity index is 1020. The number of aromatic nitrogens is 3. The molecule has 152 valence electrons. The Kier molecular flexibility index (Phi) is 5.10. The predicted molar refractivity (Wildman–Crippen MR) is 111 cm³/mol. The molecule has 0 unspecified atom stereocenters. The van der Waals surface area contributed by atoms with Gasteiger partial charge in [0.05, 0.1) is 26.0 Å². The lowest BCUT2D eigenvalue weighted by Crippen LogP contribution is -2.39. The predicted octanol–water partition coefficient (Wildman–Crippen LogP) is 3.58. The van der Waals surface area contributed by atoms with Gasteiger partial charge in [-0.25, -0.2) is 14.3 Å². The highest BCUT2D eigenvalue weighted by molar-refractivity contribution is 5.88. The van der Waals surface area contributed by atoms with E-state index >= 15 is 0 Å². The molecule has 29 heavy (non-hydrogen) atoms. The molecule has 1 amide bonds. The van der Waals surface area contributed by atoms with E-state index in [-0.39, 0.29) is 0 Å². The summed E-state index contributed by atoms with van der Waals surface area (Å²) < 4.78 is 13.0. The van der Waals surface area contributed by atoms with Crippen LogP contribution < -0.4 is 10.2 Å². The molecule has 1 aliphatic heterocycles. The number of hydrogen-bond donors (Lipinski definition) is 1. The first-order valence-corrected chi connectivity index (χ1v) is 9.68. The van der Waals surface area contributed by atoms with Crippen LogP contribution in [0.15, 0.2) is 42.7 Å². The minimum absolute atomic E-state index is 0.340. The summed E-state index contributed by atoms with van der Waals surface area (Å²) in [6.07, 6.45) is 3.14. The van der Waals surface area contributed by atoms with Gasteiger partial charge in [0, 0.05) is 24.0 Å². The molecule has 0 fully saturated rings. The third kappa shape index (κ3) is 4.32. The maximum atomic E-state index is 12.8. The summed E-state index contributed by atoms with van der Waals surface area (Å²) in [4.78, 5) is 19.1. The molecule has 4 rings (SSSR count). The fourth-order valence-corrected chi connectivity index (χ4v) is 3.15. The first-order chi connectivity index (χ1) is 13.9. The normalized spacial score (nSPS) is 15.1. The summed E-state index contributed by atoms with van der Waals surface area (Å²) in [7, 11) is 0. The molecule has 3 heterocycles. The van der Waals surface area contributed by atoms with E-state index in [1.54, 1.807) is 23.0 Å². The number of benzene rings is 1. The molecule has 3 aromatic rings. The van der Waals surface area contributed by atoms with Crippen molar-refractivity contribution in [3.05, 3.63) is 42.7 Å². The summed E-state index contributed by atoms with van der Waals surface area (Å²) in [5, 5.41) is 7.76. The Morgan fingerprint density at radius 1 is 1.24 bits per heavy atom. The zero-order valence-electron chi connectivity index (χ0n) is 16.9. The number of carbonyl (C=O) groups is 1. The Hall–Kier alpha value is -3.13. The summed E-state index contributed by atoms with van der Waals surface area (Å²) in [6, 6.07) is 9.85. The van der Waals surface area contributed by atoms with Gasteiger partial charge in [-0.05, 0) is 44.5 Å². The van der Waals surface area contributed by atoms with Gasteiger partial charge in [-0.1, -0.05) is 12.1 Å². The van der Waals surface area contributed by atoms with Crippen molar-refractivity contribution in [1.82, 2.24) is 14.6 Å². The van der Waals surface area contributed by atoms with Gasteiger partial charge in [0.2, 0.25) is 0 Å². The standard InChI is InChI=1S/C21H25N5O3/c1-21(2,3)29-20(27)25-10-12-28-11-8-22-16-6-4-5-15(13-16)17-14-23-26-9-7-18(25)24-19(17)26/h4-7,9,13-14,22H,8,10-12H2,1-3H3. The maximum absolute atomic E-state index is 12.8. The van der Waals surface area contributed by atoms with E-state index < -0.39 is 11.7 Å². The number of amides is 1. The van der Waals surface area contributed by atoms with E-state index in [1.165, 1.54) is 4.90 Å². The lowest BCUT2D eigenvalue weighted by atomic mass is 10.1. The molecule has 4 bridgehead atoms. The van der Waals surface area contributed by atoms with Gasteiger partial charge in [-0.3, -0.25) is 4.90 Å². The topological polar surface area (TPSA) is 81.0 Å². The molecule has 0 saturated heterocycles. The van der Waals surface area contributed by atoms with Gasteiger partial charge in [-0.15, -0.1) is 0 Å². The molecule has 8 heteroatoms. The van der Waals surface area contributed by atoms with Crippen LogP contribution in [0.5, 0.6) is 0 Å². The van der Waals surface area contributed by atoms with E-state index in [1.807, 2.05) is 39.0 Å². The van der Waals surface area contributed by atoms with Crippen LogP contribution in [-0.4, -0.2) is 52.6 Å². The summed E-state index contributed by atoms with van der Waals surface area (Å²) >= 11 is 0. The average Bonchev–Trinajstić information content (AvgIpc) is 3.09. The van der Waals surface area contributed by atoms with Crippen molar-refractivity contribution < 1.29 is 14.3 Å². The van der Waals surface area contributed by atoms with E-state index in [0.29, 0.717) is 37.8 Å². The number of fused-ring (bicyclic) bond motifs is 4. The highest BCUT2D eigenvalue weighted by atomic mass is 16.6. The van der Waals surface area contributed by atoms with Crippen LogP contribution >= 0.6 is 0 Å². The van der Waals surface area contributed by atoms with Crippen molar-refractivity contribution in [2.45, 2.75) is 26.4 Å². The zero-order chi connectivity index (χ0) is 20.4. The molecule has 8 nitrogen and oxygen atoms in total. The summed E-state index contributed by atoms with van der Waals surface area (Å²) in [6.45, 7) is 7.44. The van der Waals surface area contributed by atoms with Crippen molar-refractivity contribution in [3.63, 3.8) is 0 Å². The third-order valence-corrected chi connectivity index (χ3v) is 4.45. The van der Waals surface area contributed by atoms with E-state index in [4.69, 9.17) is 14.5 Å². The molecule has 0 spiro atoms. The van der Waals surface area contributed by atoms with Crippen LogP contribution in [0.1, 0.15) is 20.8 Å². The van der Waals surface area contributed by atoms with Crippen molar-refractivity contribution >= 4 is 23.2 Å². The Morgan fingerprint density at radius 3 is 2.93 bits per heavy atom. The SMILES string of the molecule is CC(C)(C)OC(=O)N1CCOCCNc2cccc(c2)-c2cnn3ccc1nc23. The summed E-state index contributed by atoms with van der Waals surface area (Å²) in [5.74, 6) is 0.503. The maximum Gasteiger partial charge on any atom is 0.416 e. The van der Waals surface area contributed by atoms with Gasteiger partial charge in [0.1, 0.15) is 11.4 Å². The molecule has 1 N–H and O–H groups in total. The lowest BCUT2D eigenvalue weighted by molar-refractivity contribution is 0.0561. The fraction of sp³-hybridized carbons (Fsp3) is 0.381. The van der Waals surface area contributed by atoms with Gasteiger partial charge >= 0.3 is 6.09 Å². The van der Waals surface area contributed by atoms with Gasteiger partial charge in [-0.2, -0.15) is 5.10 Å². The monoisotopic (exact) mass is 395 g/mol. The molecule has 1 aromatic carbocycles. The lowest BCUT2D eigenvalue weighted by Gasteiger charge is -2.27. The number of ether oxygens (including phenoxy) is 2.